The van der Waals surface area contributed by atoms with Gasteiger partial charge in [0.2, 0.25) is 0 Å². The summed E-state index contributed by atoms with van der Waals surface area (Å²) in [6, 6.07) is 4.93. The molecule has 7 heteroatoms. The molecule has 0 aliphatic carbocycles. The van der Waals surface area contributed by atoms with Crippen LogP contribution in [0.1, 0.15) is 17.3 Å². The molecular formula is C14H19ClN4O2. The SMILES string of the molecule is CCNC(=O)N1CCN(C(=O)c2cccc(Cl)c2N)CC1. The Bertz CT molecular complexity index is 542. The molecule has 0 aromatic heterocycles. The topological polar surface area (TPSA) is 78.7 Å². The molecule has 2 rings (SSSR count). The maximum atomic E-state index is 12.4. The molecule has 21 heavy (non-hydrogen) atoms. The van der Waals surface area contributed by atoms with Gasteiger partial charge in [-0.25, -0.2) is 4.79 Å². The molecule has 1 aliphatic heterocycles. The predicted molar refractivity (Wildman–Crippen MR) is 82.4 cm³/mol. The standard InChI is InChI=1S/C14H19ClN4O2/c1-2-17-14(21)19-8-6-18(7-9-19)13(20)10-4-3-5-11(15)12(10)16/h3-5H,2,6-9,16H2,1H3,(H,17,21). The maximum absolute atomic E-state index is 12.4. The number of nitrogens with one attached hydrogen (secondary N) is 1. The second-order valence-corrected chi connectivity index (χ2v) is 5.22. The first-order chi connectivity index (χ1) is 10.0. The number of amides is 3. The number of halogens is 1. The van der Waals surface area contributed by atoms with Crippen molar-refractivity contribution in [3.63, 3.8) is 0 Å². The highest BCUT2D eigenvalue weighted by atomic mass is 35.5. The van der Waals surface area contributed by atoms with E-state index in [2.05, 4.69) is 5.32 Å². The average Bonchev–Trinajstić information content (AvgIpc) is 2.50. The van der Waals surface area contributed by atoms with Gasteiger partial charge in [0, 0.05) is 32.7 Å². The Labute approximate surface area is 128 Å². The summed E-state index contributed by atoms with van der Waals surface area (Å²) in [6.45, 7) is 4.47. The van der Waals surface area contributed by atoms with Gasteiger partial charge in [0.15, 0.2) is 0 Å². The smallest absolute Gasteiger partial charge is 0.317 e. The molecule has 3 amide bonds. The minimum atomic E-state index is -0.148. The number of para-hydroxylation sites is 1. The molecule has 0 bridgehead atoms. The van der Waals surface area contributed by atoms with Gasteiger partial charge in [-0.3, -0.25) is 4.79 Å². The Kier molecular flexibility index (Phi) is 4.90. The lowest BCUT2D eigenvalue weighted by atomic mass is 10.1. The zero-order valence-corrected chi connectivity index (χ0v) is 12.7. The van der Waals surface area contributed by atoms with Gasteiger partial charge in [-0.15, -0.1) is 0 Å². The molecule has 0 spiro atoms. The minimum absolute atomic E-state index is 0.0909. The van der Waals surface area contributed by atoms with Gasteiger partial charge in [-0.05, 0) is 19.1 Å². The van der Waals surface area contributed by atoms with Crippen LogP contribution in [0.4, 0.5) is 10.5 Å². The normalized spacial score (nSPS) is 15.0. The van der Waals surface area contributed by atoms with Gasteiger partial charge in [0.1, 0.15) is 0 Å². The first kappa shape index (κ1) is 15.4. The van der Waals surface area contributed by atoms with Crippen LogP contribution in [0.15, 0.2) is 18.2 Å². The average molecular weight is 311 g/mol. The highest BCUT2D eigenvalue weighted by Gasteiger charge is 2.25. The molecule has 114 valence electrons. The first-order valence-corrected chi connectivity index (χ1v) is 7.28. The van der Waals surface area contributed by atoms with E-state index in [4.69, 9.17) is 17.3 Å². The highest BCUT2D eigenvalue weighted by Crippen LogP contribution is 2.24. The predicted octanol–water partition coefficient (Wildman–Crippen LogP) is 1.41. The molecule has 1 aliphatic rings. The van der Waals surface area contributed by atoms with Crippen molar-refractivity contribution in [3.05, 3.63) is 28.8 Å². The second-order valence-electron chi connectivity index (χ2n) is 4.82. The van der Waals surface area contributed by atoms with Crippen LogP contribution < -0.4 is 11.1 Å². The third kappa shape index (κ3) is 3.39. The van der Waals surface area contributed by atoms with Crippen molar-refractivity contribution >= 4 is 29.2 Å². The van der Waals surface area contributed by atoms with E-state index >= 15 is 0 Å². The van der Waals surface area contributed by atoms with Crippen molar-refractivity contribution in [3.8, 4) is 0 Å². The van der Waals surface area contributed by atoms with E-state index in [1.54, 1.807) is 28.0 Å². The van der Waals surface area contributed by atoms with Crippen LogP contribution in [-0.2, 0) is 0 Å². The van der Waals surface area contributed by atoms with Gasteiger partial charge < -0.3 is 20.9 Å². The van der Waals surface area contributed by atoms with Crippen LogP contribution in [0.3, 0.4) is 0 Å². The number of nitrogen functional groups attached to an aromatic ring is 1. The van der Waals surface area contributed by atoms with Crippen molar-refractivity contribution in [2.45, 2.75) is 6.92 Å². The van der Waals surface area contributed by atoms with Crippen LogP contribution in [0.5, 0.6) is 0 Å². The summed E-state index contributed by atoms with van der Waals surface area (Å²) in [7, 11) is 0. The largest absolute Gasteiger partial charge is 0.397 e. The molecule has 1 aromatic rings. The lowest BCUT2D eigenvalue weighted by Gasteiger charge is -2.34. The Morgan fingerprint density at radius 1 is 1.24 bits per heavy atom. The molecule has 1 saturated heterocycles. The summed E-state index contributed by atoms with van der Waals surface area (Å²) >= 11 is 5.94. The van der Waals surface area contributed by atoms with Gasteiger partial charge in [0.25, 0.3) is 5.91 Å². The molecule has 1 heterocycles. The molecule has 6 nitrogen and oxygen atoms in total. The Morgan fingerprint density at radius 3 is 2.48 bits per heavy atom. The van der Waals surface area contributed by atoms with Crippen LogP contribution in [-0.4, -0.2) is 54.5 Å². The minimum Gasteiger partial charge on any atom is -0.397 e. The number of anilines is 1. The number of carbonyl (C=O) groups is 2. The van der Waals surface area contributed by atoms with Gasteiger partial charge >= 0.3 is 6.03 Å². The molecule has 3 N–H and O–H groups in total. The summed E-state index contributed by atoms with van der Waals surface area (Å²) < 4.78 is 0. The molecule has 1 aromatic carbocycles. The van der Waals surface area contributed by atoms with Gasteiger partial charge in [-0.2, -0.15) is 0 Å². The molecule has 1 fully saturated rings. The number of rotatable bonds is 2. The fourth-order valence-electron chi connectivity index (χ4n) is 2.27. The number of urea groups is 1. The summed E-state index contributed by atoms with van der Waals surface area (Å²) in [5.41, 5.74) is 6.56. The Hall–Kier alpha value is -1.95. The Morgan fingerprint density at radius 2 is 1.86 bits per heavy atom. The Balaban J connectivity index is 2.00. The molecule has 0 atom stereocenters. The number of nitrogens with two attached hydrogens (primary N) is 1. The van der Waals surface area contributed by atoms with E-state index in [0.717, 1.165) is 0 Å². The molecule has 0 unspecified atom stereocenters. The monoisotopic (exact) mass is 310 g/mol. The fourth-order valence-corrected chi connectivity index (χ4v) is 2.44. The summed E-state index contributed by atoms with van der Waals surface area (Å²) in [5, 5.41) is 3.13. The van der Waals surface area contributed by atoms with Crippen LogP contribution in [0.2, 0.25) is 5.02 Å². The lowest BCUT2D eigenvalue weighted by molar-refractivity contribution is 0.0666. The second kappa shape index (κ2) is 6.67. The third-order valence-electron chi connectivity index (χ3n) is 3.47. The molecule has 0 radical (unpaired) electrons. The first-order valence-electron chi connectivity index (χ1n) is 6.90. The van der Waals surface area contributed by atoms with Crippen molar-refractivity contribution in [2.24, 2.45) is 0 Å². The fraction of sp³-hybridized carbons (Fsp3) is 0.429. The van der Waals surface area contributed by atoms with Crippen LogP contribution >= 0.6 is 11.6 Å². The third-order valence-corrected chi connectivity index (χ3v) is 3.80. The highest BCUT2D eigenvalue weighted by molar-refractivity contribution is 6.33. The van der Waals surface area contributed by atoms with Crippen molar-refractivity contribution in [1.82, 2.24) is 15.1 Å². The van der Waals surface area contributed by atoms with E-state index in [0.29, 0.717) is 49.0 Å². The summed E-state index contributed by atoms with van der Waals surface area (Å²) in [5.74, 6) is -0.148. The van der Waals surface area contributed by atoms with Gasteiger partial charge in [0.05, 0.1) is 16.3 Å². The van der Waals surface area contributed by atoms with Gasteiger partial charge in [-0.1, -0.05) is 17.7 Å². The number of benzene rings is 1. The molecule has 0 saturated carbocycles. The van der Waals surface area contributed by atoms with E-state index in [-0.39, 0.29) is 11.9 Å². The summed E-state index contributed by atoms with van der Waals surface area (Å²) in [4.78, 5) is 27.6. The number of hydrogen-bond acceptors (Lipinski definition) is 3. The van der Waals surface area contributed by atoms with E-state index in [1.165, 1.54) is 0 Å². The zero-order chi connectivity index (χ0) is 15.4. The quantitative estimate of drug-likeness (QED) is 0.811. The van der Waals surface area contributed by atoms with E-state index in [1.807, 2.05) is 6.92 Å². The maximum Gasteiger partial charge on any atom is 0.317 e. The van der Waals surface area contributed by atoms with Crippen molar-refractivity contribution in [1.29, 1.82) is 0 Å². The van der Waals surface area contributed by atoms with Crippen molar-refractivity contribution in [2.75, 3.05) is 38.5 Å². The number of hydrogen-bond donors (Lipinski definition) is 2. The van der Waals surface area contributed by atoms with Crippen LogP contribution in [0, 0.1) is 0 Å². The zero-order valence-electron chi connectivity index (χ0n) is 11.9. The number of carbonyl (C=O) groups excluding carboxylic acids is 2. The van der Waals surface area contributed by atoms with E-state index in [9.17, 15) is 9.59 Å². The van der Waals surface area contributed by atoms with Crippen LogP contribution in [0.25, 0.3) is 0 Å². The number of nitrogens with zero attached hydrogens (tertiary/aromatic N) is 2. The lowest BCUT2D eigenvalue weighted by Crippen LogP contribution is -2.53. The van der Waals surface area contributed by atoms with E-state index < -0.39 is 0 Å². The molecular weight excluding hydrogens is 292 g/mol. The van der Waals surface area contributed by atoms with Crippen molar-refractivity contribution < 1.29 is 9.59 Å². The summed E-state index contributed by atoms with van der Waals surface area (Å²) in [6.07, 6.45) is 0. The number of piperazine rings is 1.